The third kappa shape index (κ3) is 2.91. The topological polar surface area (TPSA) is 84.9 Å². The van der Waals surface area contributed by atoms with E-state index in [1.165, 1.54) is 0 Å². The van der Waals surface area contributed by atoms with Gasteiger partial charge < -0.3 is 14.8 Å². The van der Waals surface area contributed by atoms with Crippen LogP contribution in [0, 0.1) is 0 Å². The molecule has 2 aromatic carbocycles. The molecule has 0 unspecified atom stereocenters. The van der Waals surface area contributed by atoms with Crippen molar-refractivity contribution >= 4 is 17.7 Å². The molecule has 0 saturated carbocycles. The predicted molar refractivity (Wildman–Crippen MR) is 95.8 cm³/mol. The molecule has 4 rings (SSSR count). The Bertz CT molecular complexity index is 927. The fourth-order valence-corrected chi connectivity index (χ4v) is 3.25. The number of benzene rings is 2. The van der Waals surface area contributed by atoms with Crippen molar-refractivity contribution in [3.8, 4) is 11.5 Å². The second-order valence-corrected chi connectivity index (χ2v) is 6.59. The molecule has 2 aliphatic heterocycles. The normalized spacial score (nSPS) is 21.1. The molecule has 0 aliphatic carbocycles. The highest BCUT2D eigenvalue weighted by Crippen LogP contribution is 2.36. The maximum Gasteiger partial charge on any atom is 0.325 e. The molecule has 0 radical (unpaired) electrons. The molecule has 7 nitrogen and oxygen atoms in total. The fourth-order valence-electron chi connectivity index (χ4n) is 3.25. The van der Waals surface area contributed by atoms with Crippen LogP contribution in [0.5, 0.6) is 11.5 Å². The summed E-state index contributed by atoms with van der Waals surface area (Å²) in [7, 11) is 0. The van der Waals surface area contributed by atoms with E-state index in [-0.39, 0.29) is 12.3 Å². The molecule has 3 amide bonds. The van der Waals surface area contributed by atoms with Gasteiger partial charge in [-0.15, -0.1) is 0 Å². The monoisotopic (exact) mass is 366 g/mol. The van der Waals surface area contributed by atoms with E-state index < -0.39 is 17.5 Å². The molecule has 2 aliphatic rings. The number of imide groups is 1. The largest absolute Gasteiger partial charge is 0.486 e. The van der Waals surface area contributed by atoms with Gasteiger partial charge in [0.2, 0.25) is 0 Å². The lowest BCUT2D eigenvalue weighted by Gasteiger charge is -2.25. The highest BCUT2D eigenvalue weighted by atomic mass is 16.6. The number of fused-ring (bicyclic) bond motifs is 1. The number of nitrogens with one attached hydrogen (secondary N) is 1. The molecule has 2 aromatic rings. The molecule has 1 atom stereocenters. The van der Waals surface area contributed by atoms with Gasteiger partial charge in [0.25, 0.3) is 5.91 Å². The van der Waals surface area contributed by atoms with Crippen LogP contribution in [-0.4, -0.2) is 42.4 Å². The number of hydrogen-bond donors (Lipinski definition) is 1. The number of carbonyl (C=O) groups excluding carboxylic acids is 3. The van der Waals surface area contributed by atoms with E-state index in [1.54, 1.807) is 55.5 Å². The number of ketones is 1. The molecule has 7 heteroatoms. The summed E-state index contributed by atoms with van der Waals surface area (Å²) in [6.45, 7) is 2.19. The van der Waals surface area contributed by atoms with Crippen LogP contribution in [-0.2, 0) is 10.3 Å². The average Bonchev–Trinajstić information content (AvgIpc) is 2.92. The number of ether oxygens (including phenoxy) is 2. The van der Waals surface area contributed by atoms with Crippen LogP contribution in [0.25, 0.3) is 0 Å². The van der Waals surface area contributed by atoms with E-state index in [0.29, 0.717) is 35.8 Å². The second-order valence-electron chi connectivity index (χ2n) is 6.59. The summed E-state index contributed by atoms with van der Waals surface area (Å²) in [6.07, 6.45) is 0. The second kappa shape index (κ2) is 6.42. The zero-order valence-electron chi connectivity index (χ0n) is 14.7. The van der Waals surface area contributed by atoms with Crippen molar-refractivity contribution < 1.29 is 23.9 Å². The van der Waals surface area contributed by atoms with Crippen molar-refractivity contribution in [1.82, 2.24) is 10.2 Å². The number of amides is 3. The first-order valence-electron chi connectivity index (χ1n) is 8.61. The molecule has 0 bridgehead atoms. The zero-order valence-corrected chi connectivity index (χ0v) is 14.7. The first-order valence-corrected chi connectivity index (χ1v) is 8.61. The van der Waals surface area contributed by atoms with E-state index in [9.17, 15) is 14.4 Å². The summed E-state index contributed by atoms with van der Waals surface area (Å²) in [4.78, 5) is 38.8. The Morgan fingerprint density at radius 1 is 1.07 bits per heavy atom. The van der Waals surface area contributed by atoms with Crippen LogP contribution < -0.4 is 14.8 Å². The standard InChI is InChI=1S/C20H18N2O5/c1-20(14-7-8-16-17(11-14)27-10-9-26-16)18(24)22(19(25)21-20)12-15(23)13-5-3-2-4-6-13/h2-8,11H,9-10,12H2,1H3,(H,21,25)/t20-/m1/s1. The highest BCUT2D eigenvalue weighted by molar-refractivity contribution is 6.11. The Hall–Kier alpha value is -3.35. The van der Waals surface area contributed by atoms with Gasteiger partial charge in [0.15, 0.2) is 17.3 Å². The summed E-state index contributed by atoms with van der Waals surface area (Å²) in [5, 5.41) is 2.70. The maximum atomic E-state index is 13.0. The number of urea groups is 1. The van der Waals surface area contributed by atoms with Crippen molar-refractivity contribution in [2.24, 2.45) is 0 Å². The van der Waals surface area contributed by atoms with Crippen LogP contribution in [0.2, 0.25) is 0 Å². The minimum Gasteiger partial charge on any atom is -0.486 e. The summed E-state index contributed by atoms with van der Waals surface area (Å²) in [5.74, 6) is 0.348. The molecule has 0 spiro atoms. The molecule has 2 heterocycles. The van der Waals surface area contributed by atoms with Gasteiger partial charge in [-0.2, -0.15) is 0 Å². The number of rotatable bonds is 4. The summed E-state index contributed by atoms with van der Waals surface area (Å²) in [6, 6.07) is 13.1. The van der Waals surface area contributed by atoms with Gasteiger partial charge in [-0.1, -0.05) is 36.4 Å². The van der Waals surface area contributed by atoms with Crippen LogP contribution in [0.3, 0.4) is 0 Å². The van der Waals surface area contributed by atoms with Gasteiger partial charge in [-0.25, -0.2) is 4.79 Å². The van der Waals surface area contributed by atoms with Gasteiger partial charge in [0, 0.05) is 5.56 Å². The van der Waals surface area contributed by atoms with Gasteiger partial charge >= 0.3 is 6.03 Å². The third-order valence-corrected chi connectivity index (χ3v) is 4.79. The van der Waals surface area contributed by atoms with Gasteiger partial charge in [0.05, 0.1) is 6.54 Å². The van der Waals surface area contributed by atoms with Gasteiger partial charge in [-0.3, -0.25) is 14.5 Å². The SMILES string of the molecule is C[C@]1(c2ccc3c(c2)OCCO3)NC(=O)N(CC(=O)c2ccccc2)C1=O. The van der Waals surface area contributed by atoms with Crippen molar-refractivity contribution in [1.29, 1.82) is 0 Å². The number of carbonyl (C=O) groups is 3. The first-order chi connectivity index (χ1) is 13.0. The zero-order chi connectivity index (χ0) is 19.0. The van der Waals surface area contributed by atoms with Gasteiger partial charge in [-0.05, 0) is 24.6 Å². The summed E-state index contributed by atoms with van der Waals surface area (Å²) in [5.41, 5.74) is -0.255. The molecular formula is C20H18N2O5. The van der Waals surface area contributed by atoms with E-state index in [0.717, 1.165) is 4.90 Å². The van der Waals surface area contributed by atoms with Gasteiger partial charge in [0.1, 0.15) is 18.8 Å². The van der Waals surface area contributed by atoms with Crippen LogP contribution in [0.15, 0.2) is 48.5 Å². The Labute approximate surface area is 155 Å². The smallest absolute Gasteiger partial charge is 0.325 e. The quantitative estimate of drug-likeness (QED) is 0.662. The molecule has 1 N–H and O–H groups in total. The van der Waals surface area contributed by atoms with E-state index >= 15 is 0 Å². The lowest BCUT2D eigenvalue weighted by atomic mass is 9.91. The molecule has 1 fully saturated rings. The molecule has 138 valence electrons. The van der Waals surface area contributed by atoms with Crippen LogP contribution in [0.4, 0.5) is 4.79 Å². The Kier molecular flexibility index (Phi) is 4.07. The minimum atomic E-state index is -1.27. The number of hydrogen-bond acceptors (Lipinski definition) is 5. The predicted octanol–water partition coefficient (Wildman–Crippen LogP) is 2.11. The minimum absolute atomic E-state index is 0.300. The lowest BCUT2D eigenvalue weighted by molar-refractivity contribution is -0.130. The van der Waals surface area contributed by atoms with E-state index in [1.807, 2.05) is 0 Å². The first kappa shape index (κ1) is 17.1. The Morgan fingerprint density at radius 3 is 2.52 bits per heavy atom. The Morgan fingerprint density at radius 2 is 1.78 bits per heavy atom. The third-order valence-electron chi connectivity index (χ3n) is 4.79. The maximum absolute atomic E-state index is 13.0. The number of Topliss-reactive ketones (excluding diaryl/α,β-unsaturated/α-hetero) is 1. The van der Waals surface area contributed by atoms with Crippen molar-refractivity contribution in [2.75, 3.05) is 19.8 Å². The number of nitrogens with zero attached hydrogens (tertiary/aromatic N) is 1. The van der Waals surface area contributed by atoms with Crippen molar-refractivity contribution in [3.05, 3.63) is 59.7 Å². The summed E-state index contributed by atoms with van der Waals surface area (Å²) >= 11 is 0. The lowest BCUT2D eigenvalue weighted by Crippen LogP contribution is -2.41. The average molecular weight is 366 g/mol. The molecule has 1 saturated heterocycles. The molecule has 0 aromatic heterocycles. The molecule has 27 heavy (non-hydrogen) atoms. The highest BCUT2D eigenvalue weighted by Gasteiger charge is 2.49. The van der Waals surface area contributed by atoms with E-state index in [2.05, 4.69) is 5.32 Å². The van der Waals surface area contributed by atoms with Crippen LogP contribution in [0.1, 0.15) is 22.8 Å². The Balaban J connectivity index is 1.59. The summed E-state index contributed by atoms with van der Waals surface area (Å²) < 4.78 is 11.1. The van der Waals surface area contributed by atoms with Crippen molar-refractivity contribution in [3.63, 3.8) is 0 Å². The van der Waals surface area contributed by atoms with Crippen molar-refractivity contribution in [2.45, 2.75) is 12.5 Å². The molecular weight excluding hydrogens is 348 g/mol. The van der Waals surface area contributed by atoms with Crippen LogP contribution >= 0.6 is 0 Å². The fraction of sp³-hybridized carbons (Fsp3) is 0.250. The van der Waals surface area contributed by atoms with E-state index in [4.69, 9.17) is 9.47 Å².